The SMILES string of the molecule is CCCC(=O)NC(C)C(=O)Nc1nnc(-c2cccc(OC)c2)s1. The molecular formula is C16H20N4O3S. The third-order valence-electron chi connectivity index (χ3n) is 3.22. The lowest BCUT2D eigenvalue weighted by atomic mass is 10.2. The van der Waals surface area contributed by atoms with Crippen LogP contribution in [0.5, 0.6) is 5.75 Å². The number of carbonyl (C=O) groups excluding carboxylic acids is 2. The summed E-state index contributed by atoms with van der Waals surface area (Å²) in [5.41, 5.74) is 0.858. The van der Waals surface area contributed by atoms with Crippen LogP contribution < -0.4 is 15.4 Å². The third kappa shape index (κ3) is 4.76. The van der Waals surface area contributed by atoms with Crippen LogP contribution in [0.3, 0.4) is 0 Å². The molecule has 2 rings (SSSR count). The zero-order valence-corrected chi connectivity index (χ0v) is 14.6. The Morgan fingerprint density at radius 1 is 1.33 bits per heavy atom. The molecule has 0 saturated carbocycles. The third-order valence-corrected chi connectivity index (χ3v) is 4.11. The van der Waals surface area contributed by atoms with Crippen LogP contribution in [-0.2, 0) is 9.59 Å². The first-order chi connectivity index (χ1) is 11.5. The largest absolute Gasteiger partial charge is 0.497 e. The molecule has 0 spiro atoms. The summed E-state index contributed by atoms with van der Waals surface area (Å²) in [7, 11) is 1.60. The highest BCUT2D eigenvalue weighted by atomic mass is 32.1. The van der Waals surface area contributed by atoms with Gasteiger partial charge in [0, 0.05) is 12.0 Å². The Balaban J connectivity index is 2.00. The summed E-state index contributed by atoms with van der Waals surface area (Å²) >= 11 is 1.26. The highest BCUT2D eigenvalue weighted by molar-refractivity contribution is 7.18. The van der Waals surface area contributed by atoms with E-state index in [0.717, 1.165) is 17.7 Å². The van der Waals surface area contributed by atoms with E-state index in [0.29, 0.717) is 16.6 Å². The molecule has 24 heavy (non-hydrogen) atoms. The topological polar surface area (TPSA) is 93.2 Å². The molecule has 1 unspecified atom stereocenters. The van der Waals surface area contributed by atoms with Crippen LogP contribution in [0.4, 0.5) is 5.13 Å². The molecule has 1 aromatic heterocycles. The van der Waals surface area contributed by atoms with Gasteiger partial charge in [-0.1, -0.05) is 30.4 Å². The zero-order chi connectivity index (χ0) is 17.5. The lowest BCUT2D eigenvalue weighted by Gasteiger charge is -2.12. The summed E-state index contributed by atoms with van der Waals surface area (Å²) in [6, 6.07) is 6.81. The number of methoxy groups -OCH3 is 1. The van der Waals surface area contributed by atoms with Gasteiger partial charge < -0.3 is 10.1 Å². The lowest BCUT2D eigenvalue weighted by molar-refractivity contribution is -0.126. The van der Waals surface area contributed by atoms with Crippen LogP contribution in [-0.4, -0.2) is 35.2 Å². The lowest BCUT2D eigenvalue weighted by Crippen LogP contribution is -2.41. The van der Waals surface area contributed by atoms with E-state index in [2.05, 4.69) is 20.8 Å². The van der Waals surface area contributed by atoms with Crippen molar-refractivity contribution >= 4 is 28.3 Å². The first kappa shape index (κ1) is 17.9. The van der Waals surface area contributed by atoms with Crippen LogP contribution >= 0.6 is 11.3 Å². The van der Waals surface area contributed by atoms with Gasteiger partial charge >= 0.3 is 0 Å². The number of amides is 2. The smallest absolute Gasteiger partial charge is 0.248 e. The fourth-order valence-corrected chi connectivity index (χ4v) is 2.71. The van der Waals surface area contributed by atoms with Gasteiger partial charge in [-0.3, -0.25) is 14.9 Å². The van der Waals surface area contributed by atoms with Crippen molar-refractivity contribution in [3.8, 4) is 16.3 Å². The van der Waals surface area contributed by atoms with Crippen molar-refractivity contribution in [3.63, 3.8) is 0 Å². The van der Waals surface area contributed by atoms with E-state index in [1.54, 1.807) is 14.0 Å². The number of carbonyl (C=O) groups is 2. The number of hydrogen-bond donors (Lipinski definition) is 2. The Labute approximate surface area is 144 Å². The van der Waals surface area contributed by atoms with Gasteiger partial charge in [-0.05, 0) is 25.5 Å². The van der Waals surface area contributed by atoms with Crippen molar-refractivity contribution in [3.05, 3.63) is 24.3 Å². The minimum Gasteiger partial charge on any atom is -0.497 e. The first-order valence-corrected chi connectivity index (χ1v) is 8.43. The summed E-state index contributed by atoms with van der Waals surface area (Å²) in [5.74, 6) is 0.253. The number of anilines is 1. The van der Waals surface area contributed by atoms with Gasteiger partial charge in [0.15, 0.2) is 0 Å². The van der Waals surface area contributed by atoms with E-state index in [1.165, 1.54) is 11.3 Å². The minimum absolute atomic E-state index is 0.144. The molecular weight excluding hydrogens is 328 g/mol. The Kier molecular flexibility index (Phi) is 6.25. The van der Waals surface area contributed by atoms with E-state index >= 15 is 0 Å². The van der Waals surface area contributed by atoms with Crippen LogP contribution in [0.1, 0.15) is 26.7 Å². The average molecular weight is 348 g/mol. The maximum atomic E-state index is 12.1. The van der Waals surface area contributed by atoms with E-state index in [4.69, 9.17) is 4.74 Å². The van der Waals surface area contributed by atoms with Crippen LogP contribution in [0, 0.1) is 0 Å². The van der Waals surface area contributed by atoms with Crippen molar-refractivity contribution in [1.29, 1.82) is 0 Å². The Morgan fingerprint density at radius 2 is 2.12 bits per heavy atom. The van der Waals surface area contributed by atoms with E-state index < -0.39 is 6.04 Å². The van der Waals surface area contributed by atoms with Crippen molar-refractivity contribution in [2.24, 2.45) is 0 Å². The fourth-order valence-electron chi connectivity index (χ4n) is 1.97. The molecule has 0 radical (unpaired) electrons. The molecule has 2 amide bonds. The molecule has 1 atom stereocenters. The highest BCUT2D eigenvalue weighted by Crippen LogP contribution is 2.28. The number of nitrogens with zero attached hydrogens (tertiary/aromatic N) is 2. The molecule has 7 nitrogen and oxygen atoms in total. The van der Waals surface area contributed by atoms with Crippen LogP contribution in [0.25, 0.3) is 10.6 Å². The predicted octanol–water partition coefficient (Wildman–Crippen LogP) is 2.46. The first-order valence-electron chi connectivity index (χ1n) is 7.61. The molecule has 128 valence electrons. The molecule has 8 heteroatoms. The maximum absolute atomic E-state index is 12.1. The molecule has 0 saturated heterocycles. The summed E-state index contributed by atoms with van der Waals surface area (Å²) in [5, 5.41) is 14.4. The van der Waals surface area contributed by atoms with Gasteiger partial charge in [0.25, 0.3) is 0 Å². The van der Waals surface area contributed by atoms with Gasteiger partial charge in [0.1, 0.15) is 16.8 Å². The van der Waals surface area contributed by atoms with Gasteiger partial charge in [0.2, 0.25) is 16.9 Å². The molecule has 0 aliphatic rings. The van der Waals surface area contributed by atoms with Crippen molar-refractivity contribution in [1.82, 2.24) is 15.5 Å². The van der Waals surface area contributed by atoms with Crippen LogP contribution in [0.2, 0.25) is 0 Å². The summed E-state index contributed by atoms with van der Waals surface area (Å²) in [6.07, 6.45) is 1.14. The molecule has 0 fully saturated rings. The second kappa shape index (κ2) is 8.39. The Morgan fingerprint density at radius 3 is 2.83 bits per heavy atom. The summed E-state index contributed by atoms with van der Waals surface area (Å²) in [6.45, 7) is 3.54. The fraction of sp³-hybridized carbons (Fsp3) is 0.375. The molecule has 1 heterocycles. The number of benzene rings is 1. The van der Waals surface area contributed by atoms with Crippen molar-refractivity contribution in [2.75, 3.05) is 12.4 Å². The van der Waals surface area contributed by atoms with E-state index in [1.807, 2.05) is 31.2 Å². The normalized spacial score (nSPS) is 11.6. The van der Waals surface area contributed by atoms with Crippen molar-refractivity contribution < 1.29 is 14.3 Å². The Hall–Kier alpha value is -2.48. The number of nitrogens with one attached hydrogen (secondary N) is 2. The molecule has 2 aromatic rings. The zero-order valence-electron chi connectivity index (χ0n) is 13.8. The monoisotopic (exact) mass is 348 g/mol. The quantitative estimate of drug-likeness (QED) is 0.802. The van der Waals surface area contributed by atoms with Gasteiger partial charge in [-0.2, -0.15) is 0 Å². The predicted molar refractivity (Wildman–Crippen MR) is 93.0 cm³/mol. The second-order valence-corrected chi connectivity index (χ2v) is 6.15. The number of aromatic nitrogens is 2. The minimum atomic E-state index is -0.631. The number of hydrogen-bond acceptors (Lipinski definition) is 6. The van der Waals surface area contributed by atoms with E-state index in [-0.39, 0.29) is 11.8 Å². The number of rotatable bonds is 7. The molecule has 1 aromatic carbocycles. The summed E-state index contributed by atoms with van der Waals surface area (Å²) < 4.78 is 5.18. The van der Waals surface area contributed by atoms with Crippen LogP contribution in [0.15, 0.2) is 24.3 Å². The average Bonchev–Trinajstić information content (AvgIpc) is 3.03. The highest BCUT2D eigenvalue weighted by Gasteiger charge is 2.17. The molecule has 0 aliphatic carbocycles. The number of ether oxygens (including phenoxy) is 1. The standard InChI is InChI=1S/C16H20N4O3S/c1-4-6-13(21)17-10(2)14(22)18-16-20-19-15(24-16)11-7-5-8-12(9-11)23-3/h5,7-10H,4,6H2,1-3H3,(H,17,21)(H,18,20,22). The van der Waals surface area contributed by atoms with Gasteiger partial charge in [-0.25, -0.2) is 0 Å². The van der Waals surface area contributed by atoms with Gasteiger partial charge in [0.05, 0.1) is 7.11 Å². The van der Waals surface area contributed by atoms with E-state index in [9.17, 15) is 9.59 Å². The maximum Gasteiger partial charge on any atom is 0.248 e. The molecule has 2 N–H and O–H groups in total. The molecule has 0 aliphatic heterocycles. The summed E-state index contributed by atoms with van der Waals surface area (Å²) in [4.78, 5) is 23.6. The molecule has 0 bridgehead atoms. The Bertz CT molecular complexity index is 717. The van der Waals surface area contributed by atoms with Gasteiger partial charge in [-0.15, -0.1) is 10.2 Å². The second-order valence-electron chi connectivity index (χ2n) is 5.17. The van der Waals surface area contributed by atoms with Crippen molar-refractivity contribution in [2.45, 2.75) is 32.7 Å².